The molecular formula is C22H23N. The zero-order chi connectivity index (χ0) is 15.9. The Balaban J connectivity index is 1.88. The lowest BCUT2D eigenvalue weighted by atomic mass is 9.66. The van der Waals surface area contributed by atoms with Crippen molar-refractivity contribution in [2.45, 2.75) is 6.42 Å². The Morgan fingerprint density at radius 1 is 0.957 bits per heavy atom. The van der Waals surface area contributed by atoms with Crippen molar-refractivity contribution in [2.24, 2.45) is 17.3 Å². The maximum absolute atomic E-state index is 2.41. The predicted octanol–water partition coefficient (Wildman–Crippen LogP) is 4.73. The minimum absolute atomic E-state index is 0.0455. The Morgan fingerprint density at radius 2 is 1.65 bits per heavy atom. The summed E-state index contributed by atoms with van der Waals surface area (Å²) < 4.78 is 0. The van der Waals surface area contributed by atoms with Crippen molar-refractivity contribution < 1.29 is 0 Å². The average Bonchev–Trinajstić information content (AvgIpc) is 3.33. The second kappa shape index (κ2) is 5.42. The van der Waals surface area contributed by atoms with Gasteiger partial charge in [0.25, 0.3) is 0 Å². The van der Waals surface area contributed by atoms with Gasteiger partial charge in [-0.2, -0.15) is 0 Å². The highest BCUT2D eigenvalue weighted by Crippen LogP contribution is 2.54. The van der Waals surface area contributed by atoms with Gasteiger partial charge < -0.3 is 4.90 Å². The van der Waals surface area contributed by atoms with Gasteiger partial charge in [0, 0.05) is 31.6 Å². The zero-order valence-corrected chi connectivity index (χ0v) is 13.8. The second-order valence-corrected chi connectivity index (χ2v) is 6.81. The molecule has 0 saturated carbocycles. The summed E-state index contributed by atoms with van der Waals surface area (Å²) >= 11 is 0. The van der Waals surface area contributed by atoms with Gasteiger partial charge in [-0.1, -0.05) is 72.9 Å². The summed E-state index contributed by atoms with van der Waals surface area (Å²) in [6.45, 7) is 0. The lowest BCUT2D eigenvalue weighted by Gasteiger charge is -2.41. The van der Waals surface area contributed by atoms with Crippen LogP contribution in [0.1, 0.15) is 6.42 Å². The molecule has 116 valence electrons. The standard InChI is InChI=1S/C22H23N/c1-23(2)21-15-8-16-22(21,18-11-5-6-12-18)20-14-7-13-19(20)17-9-3-4-10-17/h3-13,15-18H,14H2,1-2H3. The van der Waals surface area contributed by atoms with Crippen LogP contribution in [0.5, 0.6) is 0 Å². The van der Waals surface area contributed by atoms with Crippen LogP contribution in [0.25, 0.3) is 0 Å². The fraction of sp³-hybridized carbons (Fsp3) is 0.273. The molecule has 4 rings (SSSR count). The van der Waals surface area contributed by atoms with Gasteiger partial charge in [-0.3, -0.25) is 0 Å². The van der Waals surface area contributed by atoms with Crippen LogP contribution >= 0.6 is 0 Å². The molecule has 1 heteroatoms. The minimum atomic E-state index is -0.0455. The van der Waals surface area contributed by atoms with Crippen LogP contribution < -0.4 is 0 Å². The maximum atomic E-state index is 2.41. The van der Waals surface area contributed by atoms with Crippen molar-refractivity contribution in [3.8, 4) is 0 Å². The first kappa shape index (κ1) is 14.3. The monoisotopic (exact) mass is 301 g/mol. The van der Waals surface area contributed by atoms with Crippen molar-refractivity contribution in [3.63, 3.8) is 0 Å². The summed E-state index contributed by atoms with van der Waals surface area (Å²) in [5.74, 6) is 0.821. The zero-order valence-electron chi connectivity index (χ0n) is 13.8. The van der Waals surface area contributed by atoms with E-state index in [4.69, 9.17) is 0 Å². The molecule has 1 atom stereocenters. The van der Waals surface area contributed by atoms with Gasteiger partial charge in [-0.25, -0.2) is 0 Å². The lowest BCUT2D eigenvalue weighted by Crippen LogP contribution is -2.35. The normalized spacial score (nSPS) is 28.9. The average molecular weight is 301 g/mol. The molecule has 0 radical (unpaired) electrons. The lowest BCUT2D eigenvalue weighted by molar-refractivity contribution is 0.344. The molecule has 0 spiro atoms. The molecule has 0 saturated heterocycles. The second-order valence-electron chi connectivity index (χ2n) is 6.81. The van der Waals surface area contributed by atoms with E-state index in [1.54, 1.807) is 5.57 Å². The van der Waals surface area contributed by atoms with Crippen LogP contribution in [-0.4, -0.2) is 19.0 Å². The highest BCUT2D eigenvalue weighted by molar-refractivity contribution is 5.55. The Labute approximate surface area is 139 Å². The number of nitrogens with zero attached hydrogens (tertiary/aromatic N) is 1. The van der Waals surface area contributed by atoms with Crippen LogP contribution in [0.4, 0.5) is 0 Å². The number of rotatable bonds is 4. The molecule has 1 nitrogen and oxygen atoms in total. The number of hydrogen-bond donors (Lipinski definition) is 0. The van der Waals surface area contributed by atoms with E-state index in [9.17, 15) is 0 Å². The fourth-order valence-corrected chi connectivity index (χ4v) is 4.39. The highest BCUT2D eigenvalue weighted by Gasteiger charge is 2.46. The van der Waals surface area contributed by atoms with Gasteiger partial charge in [0.05, 0.1) is 5.41 Å². The first-order chi connectivity index (χ1) is 11.2. The van der Waals surface area contributed by atoms with Gasteiger partial charge in [0.15, 0.2) is 0 Å². The molecule has 0 fully saturated rings. The molecule has 4 aliphatic rings. The first-order valence-corrected chi connectivity index (χ1v) is 8.41. The summed E-state index contributed by atoms with van der Waals surface area (Å²) in [6.07, 6.45) is 30.6. The minimum Gasteiger partial charge on any atom is -0.380 e. The molecule has 1 unspecified atom stereocenters. The molecule has 0 aromatic heterocycles. The maximum Gasteiger partial charge on any atom is 0.0600 e. The molecule has 23 heavy (non-hydrogen) atoms. The van der Waals surface area contributed by atoms with E-state index in [1.165, 1.54) is 11.3 Å². The van der Waals surface area contributed by atoms with Crippen LogP contribution in [0.3, 0.4) is 0 Å². The quantitative estimate of drug-likeness (QED) is 0.725. The van der Waals surface area contributed by atoms with E-state index in [2.05, 4.69) is 98.0 Å². The largest absolute Gasteiger partial charge is 0.380 e. The number of allylic oxidation sites excluding steroid dienone is 14. The van der Waals surface area contributed by atoms with Crippen molar-refractivity contribution in [2.75, 3.05) is 14.1 Å². The van der Waals surface area contributed by atoms with E-state index < -0.39 is 0 Å². The van der Waals surface area contributed by atoms with Crippen LogP contribution in [0.2, 0.25) is 0 Å². The number of hydrogen-bond acceptors (Lipinski definition) is 1. The fourth-order valence-electron chi connectivity index (χ4n) is 4.39. The third kappa shape index (κ3) is 2.07. The van der Waals surface area contributed by atoms with E-state index >= 15 is 0 Å². The van der Waals surface area contributed by atoms with E-state index in [0.29, 0.717) is 11.8 Å². The topological polar surface area (TPSA) is 3.24 Å². The van der Waals surface area contributed by atoms with Gasteiger partial charge in [0.1, 0.15) is 0 Å². The predicted molar refractivity (Wildman–Crippen MR) is 97.7 cm³/mol. The molecule has 0 aliphatic heterocycles. The first-order valence-electron chi connectivity index (χ1n) is 8.41. The third-order valence-corrected chi connectivity index (χ3v) is 5.37. The molecule has 4 aliphatic carbocycles. The Hall–Kier alpha value is -2.28. The van der Waals surface area contributed by atoms with Gasteiger partial charge in [-0.05, 0) is 23.6 Å². The Bertz CT molecular complexity index is 725. The Kier molecular flexibility index (Phi) is 3.37. The molecule has 0 aromatic carbocycles. The smallest absolute Gasteiger partial charge is 0.0600 e. The van der Waals surface area contributed by atoms with Crippen LogP contribution in [-0.2, 0) is 0 Å². The third-order valence-electron chi connectivity index (χ3n) is 5.37. The van der Waals surface area contributed by atoms with Crippen molar-refractivity contribution in [3.05, 3.63) is 95.8 Å². The van der Waals surface area contributed by atoms with Gasteiger partial charge in [0.2, 0.25) is 0 Å². The molecule has 0 N–H and O–H groups in total. The van der Waals surface area contributed by atoms with Crippen LogP contribution in [0, 0.1) is 17.3 Å². The summed E-state index contributed by atoms with van der Waals surface area (Å²) in [7, 11) is 4.32. The molecule has 0 amide bonds. The molecule has 0 bridgehead atoms. The molecule has 0 aromatic rings. The van der Waals surface area contributed by atoms with Crippen molar-refractivity contribution in [1.29, 1.82) is 0 Å². The van der Waals surface area contributed by atoms with Gasteiger partial charge >= 0.3 is 0 Å². The summed E-state index contributed by atoms with van der Waals surface area (Å²) in [5.41, 5.74) is 4.37. The molecule has 0 heterocycles. The summed E-state index contributed by atoms with van der Waals surface area (Å²) in [5, 5.41) is 0. The van der Waals surface area contributed by atoms with Crippen LogP contribution in [0.15, 0.2) is 95.8 Å². The van der Waals surface area contributed by atoms with Crippen molar-refractivity contribution >= 4 is 0 Å². The van der Waals surface area contributed by atoms with E-state index in [1.807, 2.05) is 0 Å². The van der Waals surface area contributed by atoms with Gasteiger partial charge in [-0.15, -0.1) is 0 Å². The summed E-state index contributed by atoms with van der Waals surface area (Å²) in [4.78, 5) is 2.28. The van der Waals surface area contributed by atoms with Crippen molar-refractivity contribution in [1.82, 2.24) is 4.90 Å². The SMILES string of the molecule is CN(C)C1=CC=CC1(C1=C(C2C=CC=C2)C=CC1)C1C=CC=C1. The molecular weight excluding hydrogens is 278 g/mol. The van der Waals surface area contributed by atoms with E-state index in [0.717, 1.165) is 6.42 Å². The summed E-state index contributed by atoms with van der Waals surface area (Å²) in [6, 6.07) is 0. The highest BCUT2D eigenvalue weighted by atomic mass is 15.1. The van der Waals surface area contributed by atoms with E-state index in [-0.39, 0.29) is 5.41 Å². The Morgan fingerprint density at radius 3 is 2.35 bits per heavy atom.